The van der Waals surface area contributed by atoms with Crippen LogP contribution in [0.25, 0.3) is 0 Å². The molecule has 3 saturated carbocycles. The molecule has 4 aliphatic carbocycles. The first kappa shape index (κ1) is 24.1. The van der Waals surface area contributed by atoms with E-state index in [2.05, 4.69) is 59.8 Å². The fourth-order valence-electron chi connectivity index (χ4n) is 8.43. The summed E-state index contributed by atoms with van der Waals surface area (Å²) in [6.45, 7) is 16.3. The Balaban J connectivity index is 1.51. The first-order chi connectivity index (χ1) is 15.1. The molecule has 0 aromatic carbocycles. The molecule has 0 aliphatic heterocycles. The molecule has 0 heterocycles. The van der Waals surface area contributed by atoms with Gasteiger partial charge in [0.25, 0.3) is 0 Å². The van der Waals surface area contributed by atoms with E-state index >= 15 is 0 Å². The van der Waals surface area contributed by atoms with Crippen molar-refractivity contribution in [1.82, 2.24) is 0 Å². The van der Waals surface area contributed by atoms with Gasteiger partial charge in [0, 0.05) is 6.92 Å². The van der Waals surface area contributed by atoms with E-state index in [1.807, 2.05) is 5.57 Å². The lowest BCUT2D eigenvalue weighted by Gasteiger charge is -2.58. The maximum absolute atomic E-state index is 11.5. The van der Waals surface area contributed by atoms with E-state index < -0.39 is 0 Å². The number of carbonyl (C=O) groups is 1. The third-order valence-electron chi connectivity index (χ3n) is 10.8. The lowest BCUT2D eigenvalue weighted by Crippen LogP contribution is -2.50. The van der Waals surface area contributed by atoms with Crippen molar-refractivity contribution in [2.75, 3.05) is 0 Å². The minimum Gasteiger partial charge on any atom is -0.463 e. The van der Waals surface area contributed by atoms with Gasteiger partial charge in [-0.3, -0.25) is 4.79 Å². The van der Waals surface area contributed by atoms with Gasteiger partial charge in [0.05, 0.1) is 0 Å². The highest BCUT2D eigenvalue weighted by Gasteiger charge is 2.58. The van der Waals surface area contributed by atoms with Crippen molar-refractivity contribution in [3.8, 4) is 0 Å². The molecule has 0 radical (unpaired) electrons. The van der Waals surface area contributed by atoms with Crippen molar-refractivity contribution < 1.29 is 9.53 Å². The minimum absolute atomic E-state index is 0.109. The molecule has 0 amide bonds. The molecule has 2 heteroatoms. The van der Waals surface area contributed by atoms with Crippen LogP contribution in [0.4, 0.5) is 0 Å². The van der Waals surface area contributed by atoms with Gasteiger partial charge in [0.15, 0.2) is 0 Å². The van der Waals surface area contributed by atoms with E-state index in [0.717, 1.165) is 36.5 Å². The Morgan fingerprint density at radius 3 is 2.38 bits per heavy atom. The summed E-state index contributed by atoms with van der Waals surface area (Å²) in [6.07, 6.45) is 17.9. The van der Waals surface area contributed by atoms with Crippen LogP contribution in [-0.2, 0) is 9.53 Å². The first-order valence-corrected chi connectivity index (χ1v) is 13.6. The maximum atomic E-state index is 11.5. The van der Waals surface area contributed by atoms with Gasteiger partial charge in [-0.2, -0.15) is 0 Å². The predicted molar refractivity (Wildman–Crippen MR) is 133 cm³/mol. The van der Waals surface area contributed by atoms with Crippen LogP contribution in [0, 0.1) is 52.3 Å². The minimum atomic E-state index is -0.109. The zero-order valence-electron chi connectivity index (χ0n) is 21.8. The van der Waals surface area contributed by atoms with Crippen molar-refractivity contribution in [1.29, 1.82) is 0 Å². The third kappa shape index (κ3) is 4.14. The zero-order chi connectivity index (χ0) is 23.3. The average molecular weight is 441 g/mol. The SMILES string of the molecule is CC(=O)O[C@H]1CC[C@@]2(C)C(CC=C3[C@@H]4CC[C@H]([C@H](C)C=C[C@H](C)C(C)C)[C@@]4(C)CC[C@@H]32)C1. The molecular weight excluding hydrogens is 392 g/mol. The average Bonchev–Trinajstić information content (AvgIpc) is 3.08. The van der Waals surface area contributed by atoms with Crippen molar-refractivity contribution in [3.05, 3.63) is 23.8 Å². The van der Waals surface area contributed by atoms with Crippen molar-refractivity contribution in [2.24, 2.45) is 52.3 Å². The number of rotatable bonds is 5. The van der Waals surface area contributed by atoms with Crippen molar-refractivity contribution in [3.63, 3.8) is 0 Å². The number of hydrogen-bond acceptors (Lipinski definition) is 2. The van der Waals surface area contributed by atoms with Gasteiger partial charge in [-0.15, -0.1) is 0 Å². The normalized spacial score (nSPS) is 43.2. The van der Waals surface area contributed by atoms with Crippen molar-refractivity contribution in [2.45, 2.75) is 106 Å². The number of carbonyl (C=O) groups excluding carboxylic acids is 1. The summed E-state index contributed by atoms with van der Waals surface area (Å²) < 4.78 is 5.64. The van der Waals surface area contributed by atoms with E-state index in [4.69, 9.17) is 4.74 Å². The summed E-state index contributed by atoms with van der Waals surface area (Å²) in [5, 5.41) is 0. The number of ether oxygens (including phenoxy) is 1. The molecule has 4 rings (SSSR count). The summed E-state index contributed by atoms with van der Waals surface area (Å²) in [6, 6.07) is 0. The van der Waals surface area contributed by atoms with Gasteiger partial charge in [0.1, 0.15) is 6.10 Å². The smallest absolute Gasteiger partial charge is 0.302 e. The maximum Gasteiger partial charge on any atom is 0.302 e. The molecule has 4 aliphatic rings. The van der Waals surface area contributed by atoms with Crippen LogP contribution >= 0.6 is 0 Å². The second-order valence-electron chi connectivity index (χ2n) is 12.8. The molecule has 0 N–H and O–H groups in total. The summed E-state index contributed by atoms with van der Waals surface area (Å²) in [5.74, 6) is 4.98. The van der Waals surface area contributed by atoms with E-state index in [1.54, 1.807) is 6.92 Å². The Bertz CT molecular complexity index is 763. The Kier molecular flexibility index (Phi) is 6.74. The van der Waals surface area contributed by atoms with Gasteiger partial charge in [-0.05, 0) is 104 Å². The summed E-state index contributed by atoms with van der Waals surface area (Å²) in [4.78, 5) is 11.5. The Hall–Kier alpha value is -1.05. The molecule has 9 atom stereocenters. The van der Waals surface area contributed by atoms with Crippen LogP contribution in [0.1, 0.15) is 99.8 Å². The number of hydrogen-bond donors (Lipinski definition) is 0. The molecular formula is C30H48O2. The van der Waals surface area contributed by atoms with E-state index in [9.17, 15) is 4.79 Å². The summed E-state index contributed by atoms with van der Waals surface area (Å²) in [7, 11) is 0. The Morgan fingerprint density at radius 2 is 1.69 bits per heavy atom. The lowest BCUT2D eigenvalue weighted by molar-refractivity contribution is -0.152. The largest absolute Gasteiger partial charge is 0.463 e. The highest BCUT2D eigenvalue weighted by molar-refractivity contribution is 5.66. The van der Waals surface area contributed by atoms with E-state index in [0.29, 0.717) is 28.6 Å². The second-order valence-corrected chi connectivity index (χ2v) is 12.8. The molecule has 0 bridgehead atoms. The molecule has 2 nitrogen and oxygen atoms in total. The molecule has 32 heavy (non-hydrogen) atoms. The standard InChI is InChI=1S/C30H48O2/c1-19(2)20(3)8-9-21(4)26-12-13-27-25-11-10-23-18-24(32-22(5)31)14-16-29(23,6)28(25)15-17-30(26,27)7/h8-9,11,19-21,23-24,26-28H,10,12-18H2,1-7H3/t20-,21+,23?,24-,26+,27-,28-,29-,30+/m0/s1. The monoisotopic (exact) mass is 440 g/mol. The fraction of sp³-hybridized carbons (Fsp3) is 0.833. The molecule has 0 spiro atoms. The number of esters is 1. The number of fused-ring (bicyclic) bond motifs is 5. The van der Waals surface area contributed by atoms with Gasteiger partial charge >= 0.3 is 5.97 Å². The van der Waals surface area contributed by atoms with Crippen LogP contribution in [0.2, 0.25) is 0 Å². The van der Waals surface area contributed by atoms with Gasteiger partial charge in [-0.1, -0.05) is 65.3 Å². The van der Waals surface area contributed by atoms with Crippen LogP contribution in [0.15, 0.2) is 23.8 Å². The quantitative estimate of drug-likeness (QED) is 0.320. The lowest BCUT2D eigenvalue weighted by atomic mass is 9.47. The summed E-state index contributed by atoms with van der Waals surface area (Å²) >= 11 is 0. The van der Waals surface area contributed by atoms with Crippen molar-refractivity contribution >= 4 is 5.97 Å². The highest BCUT2D eigenvalue weighted by atomic mass is 16.5. The second kappa shape index (κ2) is 8.95. The Morgan fingerprint density at radius 1 is 1.00 bits per heavy atom. The van der Waals surface area contributed by atoms with Crippen LogP contribution in [-0.4, -0.2) is 12.1 Å². The molecule has 3 fully saturated rings. The Labute approximate surface area is 197 Å². The molecule has 0 aromatic heterocycles. The van der Waals surface area contributed by atoms with Gasteiger partial charge in [-0.25, -0.2) is 0 Å². The van der Waals surface area contributed by atoms with E-state index in [1.165, 1.54) is 38.5 Å². The predicted octanol–water partition coefficient (Wildman–Crippen LogP) is 7.98. The van der Waals surface area contributed by atoms with Crippen LogP contribution in [0.5, 0.6) is 0 Å². The fourth-order valence-corrected chi connectivity index (χ4v) is 8.43. The molecule has 0 aromatic rings. The molecule has 0 saturated heterocycles. The first-order valence-electron chi connectivity index (χ1n) is 13.6. The molecule has 1 unspecified atom stereocenters. The summed E-state index contributed by atoms with van der Waals surface area (Å²) in [5.41, 5.74) is 2.70. The van der Waals surface area contributed by atoms with Crippen LogP contribution in [0.3, 0.4) is 0 Å². The number of allylic oxidation sites excluding steroid dienone is 4. The van der Waals surface area contributed by atoms with Gasteiger partial charge in [0.2, 0.25) is 0 Å². The zero-order valence-corrected chi connectivity index (χ0v) is 21.8. The highest BCUT2D eigenvalue weighted by Crippen LogP contribution is 2.66. The third-order valence-corrected chi connectivity index (χ3v) is 10.8. The topological polar surface area (TPSA) is 26.3 Å². The molecule has 180 valence electrons. The van der Waals surface area contributed by atoms with E-state index in [-0.39, 0.29) is 12.1 Å². The van der Waals surface area contributed by atoms with Gasteiger partial charge < -0.3 is 4.74 Å². The van der Waals surface area contributed by atoms with Crippen LogP contribution < -0.4 is 0 Å².